The number of rotatable bonds is 2. The molecule has 0 aliphatic rings. The van der Waals surface area contributed by atoms with Gasteiger partial charge in [-0.25, -0.2) is 0 Å². The molecule has 12 heavy (non-hydrogen) atoms. The van der Waals surface area contributed by atoms with E-state index in [2.05, 4.69) is 15.3 Å². The standard InChI is InChI=1S/C6H9N3O.C2H6/c1-7-5-3-8-4-6(9-5)10-2;1-2/h3-4H,1-2H3,(H,7,9);1-2H3. The van der Waals surface area contributed by atoms with E-state index in [0.717, 1.165) is 0 Å². The lowest BCUT2D eigenvalue weighted by molar-refractivity contribution is 0.396. The molecule has 0 amide bonds. The first kappa shape index (κ1) is 10.7. The van der Waals surface area contributed by atoms with Gasteiger partial charge in [0.2, 0.25) is 5.88 Å². The lowest BCUT2D eigenvalue weighted by Crippen LogP contribution is -1.95. The van der Waals surface area contributed by atoms with Crippen LogP contribution in [0.1, 0.15) is 13.8 Å². The molecule has 1 aromatic heterocycles. The molecule has 1 N–H and O–H groups in total. The number of methoxy groups -OCH3 is 1. The Labute approximate surface area is 73.0 Å². The second-order valence-corrected chi connectivity index (χ2v) is 1.70. The van der Waals surface area contributed by atoms with E-state index in [1.165, 1.54) is 0 Å². The van der Waals surface area contributed by atoms with Crippen molar-refractivity contribution in [3.05, 3.63) is 12.4 Å². The Morgan fingerprint density at radius 3 is 2.50 bits per heavy atom. The van der Waals surface area contributed by atoms with Crippen molar-refractivity contribution in [2.75, 3.05) is 19.5 Å². The van der Waals surface area contributed by atoms with E-state index in [9.17, 15) is 0 Å². The molecule has 4 heteroatoms. The molecule has 68 valence electrons. The predicted octanol–water partition coefficient (Wildman–Crippen LogP) is 1.55. The zero-order chi connectivity index (χ0) is 9.40. The van der Waals surface area contributed by atoms with E-state index in [1.807, 2.05) is 13.8 Å². The average Bonchev–Trinajstić information content (AvgIpc) is 2.21. The second kappa shape index (κ2) is 6.39. The van der Waals surface area contributed by atoms with Crippen molar-refractivity contribution >= 4 is 5.82 Å². The van der Waals surface area contributed by atoms with Crippen LogP contribution in [0.2, 0.25) is 0 Å². The largest absolute Gasteiger partial charge is 0.480 e. The Kier molecular flexibility index (Phi) is 5.69. The van der Waals surface area contributed by atoms with Crippen molar-refractivity contribution in [1.82, 2.24) is 9.97 Å². The molecule has 0 saturated carbocycles. The van der Waals surface area contributed by atoms with Crippen LogP contribution >= 0.6 is 0 Å². The zero-order valence-corrected chi connectivity index (χ0v) is 7.96. The van der Waals surface area contributed by atoms with Gasteiger partial charge in [0.15, 0.2) is 0 Å². The SMILES string of the molecule is CC.CNc1cncc(OC)n1. The maximum Gasteiger partial charge on any atom is 0.233 e. The van der Waals surface area contributed by atoms with Gasteiger partial charge in [-0.15, -0.1) is 0 Å². The summed E-state index contributed by atoms with van der Waals surface area (Å²) in [6, 6.07) is 0. The van der Waals surface area contributed by atoms with E-state index in [1.54, 1.807) is 26.6 Å². The molecule has 0 atom stereocenters. The van der Waals surface area contributed by atoms with Crippen LogP contribution in [-0.2, 0) is 0 Å². The Morgan fingerprint density at radius 2 is 2.00 bits per heavy atom. The molecular weight excluding hydrogens is 154 g/mol. The summed E-state index contributed by atoms with van der Waals surface area (Å²) in [6.07, 6.45) is 3.18. The third-order valence-electron chi connectivity index (χ3n) is 1.08. The fraction of sp³-hybridized carbons (Fsp3) is 0.500. The predicted molar refractivity (Wildman–Crippen MR) is 49.5 cm³/mol. The summed E-state index contributed by atoms with van der Waals surface area (Å²) < 4.78 is 4.84. The number of anilines is 1. The number of nitrogens with zero attached hydrogens (tertiary/aromatic N) is 2. The second-order valence-electron chi connectivity index (χ2n) is 1.70. The smallest absolute Gasteiger partial charge is 0.233 e. The summed E-state index contributed by atoms with van der Waals surface area (Å²) in [5, 5.41) is 2.85. The Morgan fingerprint density at radius 1 is 1.33 bits per heavy atom. The molecule has 0 unspecified atom stereocenters. The van der Waals surface area contributed by atoms with E-state index in [4.69, 9.17) is 4.74 Å². The van der Waals surface area contributed by atoms with Gasteiger partial charge in [-0.05, 0) is 0 Å². The molecule has 0 aliphatic heterocycles. The summed E-state index contributed by atoms with van der Waals surface area (Å²) in [5.74, 6) is 1.23. The van der Waals surface area contributed by atoms with Gasteiger partial charge in [-0.1, -0.05) is 13.8 Å². The van der Waals surface area contributed by atoms with Crippen LogP contribution in [0.5, 0.6) is 5.88 Å². The molecule has 1 rings (SSSR count). The van der Waals surface area contributed by atoms with Crippen LogP contribution in [0.25, 0.3) is 0 Å². The molecule has 0 aromatic carbocycles. The fourth-order valence-electron chi connectivity index (χ4n) is 0.567. The first-order valence-corrected chi connectivity index (χ1v) is 3.90. The highest BCUT2D eigenvalue weighted by Gasteiger charge is 1.92. The Hall–Kier alpha value is -1.32. The summed E-state index contributed by atoms with van der Waals surface area (Å²) in [5.41, 5.74) is 0. The van der Waals surface area contributed by atoms with Crippen molar-refractivity contribution in [3.8, 4) is 5.88 Å². The third kappa shape index (κ3) is 3.18. The van der Waals surface area contributed by atoms with Gasteiger partial charge in [0.1, 0.15) is 5.82 Å². The van der Waals surface area contributed by atoms with E-state index >= 15 is 0 Å². The zero-order valence-electron chi connectivity index (χ0n) is 7.96. The molecule has 0 aliphatic carbocycles. The lowest BCUT2D eigenvalue weighted by atomic mass is 10.6. The van der Waals surface area contributed by atoms with Crippen molar-refractivity contribution in [2.24, 2.45) is 0 Å². The molecular formula is C8H15N3O. The minimum Gasteiger partial charge on any atom is -0.480 e. The van der Waals surface area contributed by atoms with Crippen molar-refractivity contribution < 1.29 is 4.74 Å². The monoisotopic (exact) mass is 169 g/mol. The maximum absolute atomic E-state index is 4.84. The molecule has 0 bridgehead atoms. The summed E-state index contributed by atoms with van der Waals surface area (Å²) in [7, 11) is 3.34. The Balaban J connectivity index is 0.000000561. The quantitative estimate of drug-likeness (QED) is 0.729. The van der Waals surface area contributed by atoms with Crippen LogP contribution in [0.15, 0.2) is 12.4 Å². The Bertz CT molecular complexity index is 196. The maximum atomic E-state index is 4.84. The van der Waals surface area contributed by atoms with E-state index in [-0.39, 0.29) is 0 Å². The van der Waals surface area contributed by atoms with Gasteiger partial charge >= 0.3 is 0 Å². The minimum absolute atomic E-state index is 0.520. The van der Waals surface area contributed by atoms with Crippen LogP contribution in [0, 0.1) is 0 Å². The highest BCUT2D eigenvalue weighted by Crippen LogP contribution is 2.06. The van der Waals surface area contributed by atoms with Gasteiger partial charge < -0.3 is 10.1 Å². The van der Waals surface area contributed by atoms with E-state index in [0.29, 0.717) is 11.7 Å². The van der Waals surface area contributed by atoms with Crippen LogP contribution in [-0.4, -0.2) is 24.1 Å². The van der Waals surface area contributed by atoms with E-state index < -0.39 is 0 Å². The van der Waals surface area contributed by atoms with Gasteiger partial charge in [0, 0.05) is 7.05 Å². The highest BCUT2D eigenvalue weighted by atomic mass is 16.5. The first-order valence-electron chi connectivity index (χ1n) is 3.90. The van der Waals surface area contributed by atoms with Crippen LogP contribution in [0.3, 0.4) is 0 Å². The molecule has 0 radical (unpaired) electrons. The molecule has 0 saturated heterocycles. The van der Waals surface area contributed by atoms with Gasteiger partial charge in [-0.3, -0.25) is 4.98 Å². The van der Waals surface area contributed by atoms with Crippen molar-refractivity contribution in [3.63, 3.8) is 0 Å². The lowest BCUT2D eigenvalue weighted by Gasteiger charge is -1.99. The molecule has 4 nitrogen and oxygen atoms in total. The highest BCUT2D eigenvalue weighted by molar-refractivity contribution is 5.31. The van der Waals surface area contributed by atoms with Crippen molar-refractivity contribution in [2.45, 2.75) is 13.8 Å². The minimum atomic E-state index is 0.520. The number of aromatic nitrogens is 2. The van der Waals surface area contributed by atoms with Crippen molar-refractivity contribution in [1.29, 1.82) is 0 Å². The topological polar surface area (TPSA) is 47.0 Å². The summed E-state index contributed by atoms with van der Waals surface area (Å²) in [6.45, 7) is 4.00. The summed E-state index contributed by atoms with van der Waals surface area (Å²) in [4.78, 5) is 7.89. The molecule has 1 heterocycles. The molecule has 0 fully saturated rings. The van der Waals surface area contributed by atoms with Crippen LogP contribution < -0.4 is 10.1 Å². The molecule has 1 aromatic rings. The van der Waals surface area contributed by atoms with Gasteiger partial charge in [-0.2, -0.15) is 4.98 Å². The average molecular weight is 169 g/mol. The normalized spacial score (nSPS) is 8.00. The first-order chi connectivity index (χ1) is 5.86. The number of nitrogens with one attached hydrogen (secondary N) is 1. The van der Waals surface area contributed by atoms with Crippen LogP contribution in [0.4, 0.5) is 5.82 Å². The molecule has 0 spiro atoms. The fourth-order valence-corrected chi connectivity index (χ4v) is 0.567. The number of ether oxygens (including phenoxy) is 1. The third-order valence-corrected chi connectivity index (χ3v) is 1.08. The van der Waals surface area contributed by atoms with Gasteiger partial charge in [0.25, 0.3) is 0 Å². The number of hydrogen-bond acceptors (Lipinski definition) is 4. The number of hydrogen-bond donors (Lipinski definition) is 1. The summed E-state index contributed by atoms with van der Waals surface area (Å²) >= 11 is 0. The van der Waals surface area contributed by atoms with Gasteiger partial charge in [0.05, 0.1) is 19.5 Å².